The molecule has 0 aromatic heterocycles. The highest BCUT2D eigenvalue weighted by molar-refractivity contribution is 7.92. The van der Waals surface area contributed by atoms with E-state index >= 15 is 0 Å². The molecule has 1 atom stereocenters. The summed E-state index contributed by atoms with van der Waals surface area (Å²) in [7, 11) is -9.49. The maximum absolute atomic E-state index is 14.0. The van der Waals surface area contributed by atoms with Gasteiger partial charge >= 0.3 is 0 Å². The number of amides is 2. The highest BCUT2D eigenvalue weighted by Gasteiger charge is 2.48. The third kappa shape index (κ3) is 7.57. The summed E-state index contributed by atoms with van der Waals surface area (Å²) in [6.07, 6.45) is -0.00538. The molecule has 0 bridgehead atoms. The van der Waals surface area contributed by atoms with Gasteiger partial charge < -0.3 is 20.1 Å². The van der Waals surface area contributed by atoms with Crippen LogP contribution in [0.4, 0.5) is 11.4 Å². The highest BCUT2D eigenvalue weighted by Crippen LogP contribution is 2.36. The van der Waals surface area contributed by atoms with Gasteiger partial charge in [-0.15, -0.1) is 0 Å². The lowest BCUT2D eigenvalue weighted by Crippen LogP contribution is -2.53. The molecule has 42 heavy (non-hydrogen) atoms. The molecule has 1 saturated heterocycles. The lowest BCUT2D eigenvalue weighted by molar-refractivity contribution is -0.115. The van der Waals surface area contributed by atoms with Crippen molar-refractivity contribution in [3.63, 3.8) is 0 Å². The summed E-state index contributed by atoms with van der Waals surface area (Å²) in [4.78, 5) is 22.8. The molecule has 1 fully saturated rings. The van der Waals surface area contributed by atoms with E-state index in [4.69, 9.17) is 9.47 Å². The van der Waals surface area contributed by atoms with Crippen molar-refractivity contribution < 1.29 is 44.3 Å². The number of carbonyl (C=O) groups excluding carboxylic acids is 2. The molecule has 2 amide bonds. The van der Waals surface area contributed by atoms with E-state index in [2.05, 4.69) is 15.4 Å². The monoisotopic (exact) mass is 646 g/mol. The lowest BCUT2D eigenvalue weighted by Gasteiger charge is -2.36. The Balaban J connectivity index is 1.96. The smallest absolute Gasteiger partial charge is 0.243 e. The summed E-state index contributed by atoms with van der Waals surface area (Å²) in [5.41, 5.74) is -1.17. The van der Waals surface area contributed by atoms with Crippen LogP contribution in [0.3, 0.4) is 0 Å². The molecule has 0 radical (unpaired) electrons. The topological polar surface area (TPSA) is 194 Å². The fourth-order valence-electron chi connectivity index (χ4n) is 4.64. The Hall–Kier alpha value is -3.25. The van der Waals surface area contributed by atoms with Crippen LogP contribution in [-0.2, 0) is 39.5 Å². The van der Waals surface area contributed by atoms with Crippen LogP contribution in [0.2, 0.25) is 0 Å². The van der Waals surface area contributed by atoms with Crippen molar-refractivity contribution in [2.45, 2.75) is 42.5 Å². The molecule has 1 aliphatic heterocycles. The van der Waals surface area contributed by atoms with Gasteiger partial charge in [-0.2, -0.15) is 4.31 Å². The second-order valence-corrected chi connectivity index (χ2v) is 15.7. The van der Waals surface area contributed by atoms with Gasteiger partial charge in [-0.1, -0.05) is 0 Å². The van der Waals surface area contributed by atoms with Crippen LogP contribution in [0.15, 0.2) is 46.2 Å². The number of nitrogens with zero attached hydrogens (tertiary/aromatic N) is 1. The highest BCUT2D eigenvalue weighted by atomic mass is 32.2. The van der Waals surface area contributed by atoms with Gasteiger partial charge in [0.25, 0.3) is 0 Å². The zero-order valence-electron chi connectivity index (χ0n) is 23.8. The van der Waals surface area contributed by atoms with Gasteiger partial charge in [0.15, 0.2) is 9.84 Å². The minimum Gasteiger partial charge on any atom is -0.495 e. The Morgan fingerprint density at radius 3 is 1.86 bits per heavy atom. The number of ether oxygens (including phenoxy) is 2. The second kappa shape index (κ2) is 12.5. The first-order chi connectivity index (χ1) is 19.4. The van der Waals surface area contributed by atoms with Crippen molar-refractivity contribution in [3.05, 3.63) is 36.4 Å². The van der Waals surface area contributed by atoms with E-state index in [9.17, 15) is 34.8 Å². The fourth-order valence-corrected chi connectivity index (χ4v) is 9.74. The number of rotatable bonds is 12. The molecule has 1 aliphatic rings. The number of hydrogen-bond donors (Lipinski definition) is 3. The number of sulfonamides is 2. The maximum atomic E-state index is 14.0. The van der Waals surface area contributed by atoms with Crippen LogP contribution in [0.25, 0.3) is 0 Å². The summed E-state index contributed by atoms with van der Waals surface area (Å²) in [5, 5.41) is 4.99. The molecule has 2 aromatic carbocycles. The van der Waals surface area contributed by atoms with Gasteiger partial charge in [-0.25, -0.2) is 30.0 Å². The minimum absolute atomic E-state index is 0.00538. The normalized spacial score (nSPS) is 18.4. The number of benzene rings is 2. The molecule has 14 nitrogen and oxygen atoms in total. The summed E-state index contributed by atoms with van der Waals surface area (Å²) in [5.74, 6) is -1.18. The van der Waals surface area contributed by atoms with Gasteiger partial charge in [-0.3, -0.25) is 9.59 Å². The molecule has 3 N–H and O–H groups in total. The first-order valence-corrected chi connectivity index (χ1v) is 17.3. The SMILES string of the molecule is COc1ccc(S(=O)(=O)NCCN([C@@]2(C)CCS(=O)(=O)C2)S(=O)(=O)c2ccc(OC)c(NC(C)=O)c2)cc1NC(C)=O. The van der Waals surface area contributed by atoms with Crippen LogP contribution in [0, 0.1) is 0 Å². The van der Waals surface area contributed by atoms with E-state index in [0.29, 0.717) is 0 Å². The standard InChI is InChI=1S/C25H34N4O10S3/c1-17(30)27-21-14-19(6-8-23(21)38-4)41(34,35)26-11-12-29(25(3)10-13-40(32,33)16-25)42(36,37)20-7-9-24(39-5)22(15-20)28-18(2)31/h6-9,14-15,26H,10-13,16H2,1-5H3,(H,27,30)(H,28,31)/t25-/m0/s1. The van der Waals surface area contributed by atoms with Gasteiger partial charge in [0.1, 0.15) is 11.5 Å². The van der Waals surface area contributed by atoms with Crippen LogP contribution in [-0.4, -0.2) is 85.7 Å². The van der Waals surface area contributed by atoms with E-state index in [0.717, 1.165) is 4.31 Å². The average Bonchev–Trinajstić information content (AvgIpc) is 3.18. The van der Waals surface area contributed by atoms with Crippen molar-refractivity contribution in [2.75, 3.05) is 49.4 Å². The Labute approximate surface area is 245 Å². The quantitative estimate of drug-likeness (QED) is 0.301. The zero-order chi connectivity index (χ0) is 31.5. The Bertz CT molecular complexity index is 1690. The number of sulfone groups is 1. The molecule has 3 rings (SSSR count). The molecular weight excluding hydrogens is 612 g/mol. The average molecular weight is 647 g/mol. The van der Waals surface area contributed by atoms with Gasteiger partial charge in [0.05, 0.1) is 46.9 Å². The van der Waals surface area contributed by atoms with E-state index in [1.165, 1.54) is 71.4 Å². The Kier molecular flexibility index (Phi) is 9.93. The first kappa shape index (κ1) is 33.3. The fraction of sp³-hybridized carbons (Fsp3) is 0.440. The maximum Gasteiger partial charge on any atom is 0.243 e. The van der Waals surface area contributed by atoms with Crippen LogP contribution < -0.4 is 24.8 Å². The summed E-state index contributed by atoms with van der Waals surface area (Å²) in [6, 6.07) is 7.61. The van der Waals surface area contributed by atoms with Gasteiger partial charge in [0.2, 0.25) is 31.9 Å². The lowest BCUT2D eigenvalue weighted by atomic mass is 10.0. The molecule has 0 spiro atoms. The molecule has 1 heterocycles. The predicted molar refractivity (Wildman–Crippen MR) is 155 cm³/mol. The van der Waals surface area contributed by atoms with Crippen LogP contribution in [0.1, 0.15) is 27.2 Å². The van der Waals surface area contributed by atoms with Crippen molar-refractivity contribution in [2.24, 2.45) is 0 Å². The van der Waals surface area contributed by atoms with Gasteiger partial charge in [0, 0.05) is 32.5 Å². The predicted octanol–water partition coefficient (Wildman–Crippen LogP) is 1.17. The molecule has 0 saturated carbocycles. The summed E-state index contributed by atoms with van der Waals surface area (Å²) >= 11 is 0. The Morgan fingerprint density at radius 2 is 1.40 bits per heavy atom. The number of methoxy groups -OCH3 is 2. The third-order valence-electron chi connectivity index (χ3n) is 6.55. The first-order valence-electron chi connectivity index (χ1n) is 12.6. The number of carbonyl (C=O) groups is 2. The molecule has 17 heteroatoms. The molecule has 0 unspecified atom stereocenters. The van der Waals surface area contributed by atoms with Crippen molar-refractivity contribution in [1.29, 1.82) is 0 Å². The number of nitrogens with one attached hydrogen (secondary N) is 3. The summed E-state index contributed by atoms with van der Waals surface area (Å²) in [6.45, 7) is 3.16. The zero-order valence-corrected chi connectivity index (χ0v) is 26.2. The van der Waals surface area contributed by atoms with Crippen molar-refractivity contribution >= 4 is 53.1 Å². The van der Waals surface area contributed by atoms with Crippen LogP contribution >= 0.6 is 0 Å². The van der Waals surface area contributed by atoms with Gasteiger partial charge in [-0.05, 0) is 49.7 Å². The van der Waals surface area contributed by atoms with E-state index < -0.39 is 66.1 Å². The second-order valence-electron chi connectivity index (χ2n) is 9.90. The molecular formula is C25H34N4O10S3. The largest absolute Gasteiger partial charge is 0.495 e. The van der Waals surface area contributed by atoms with E-state index in [-0.39, 0.29) is 44.8 Å². The number of hydrogen-bond acceptors (Lipinski definition) is 10. The number of anilines is 2. The van der Waals surface area contributed by atoms with Crippen molar-refractivity contribution in [1.82, 2.24) is 9.03 Å². The Morgan fingerprint density at radius 1 is 0.905 bits per heavy atom. The summed E-state index contributed by atoms with van der Waals surface area (Å²) < 4.78 is 92.7. The molecule has 2 aromatic rings. The van der Waals surface area contributed by atoms with Crippen LogP contribution in [0.5, 0.6) is 11.5 Å². The molecule has 0 aliphatic carbocycles. The van der Waals surface area contributed by atoms with E-state index in [1.807, 2.05) is 0 Å². The molecule has 232 valence electrons. The minimum atomic E-state index is -4.42. The third-order valence-corrected chi connectivity index (χ3v) is 12.0. The van der Waals surface area contributed by atoms with Crippen molar-refractivity contribution in [3.8, 4) is 11.5 Å². The van der Waals surface area contributed by atoms with E-state index in [1.54, 1.807) is 0 Å².